The van der Waals surface area contributed by atoms with E-state index in [-0.39, 0.29) is 43.3 Å². The van der Waals surface area contributed by atoms with Crippen molar-refractivity contribution in [3.05, 3.63) is 16.6 Å². The number of aromatic nitrogens is 1. The minimum atomic E-state index is -1.38. The van der Waals surface area contributed by atoms with Crippen LogP contribution >= 0.6 is 11.3 Å². The average molecular weight is 588 g/mol. The van der Waals surface area contributed by atoms with E-state index in [0.717, 1.165) is 12.8 Å². The van der Waals surface area contributed by atoms with Crippen molar-refractivity contribution in [3.63, 3.8) is 0 Å². The number of thiazole rings is 1. The van der Waals surface area contributed by atoms with Crippen molar-refractivity contribution in [1.29, 1.82) is 0 Å². The Hall–Kier alpha value is -2.69. The summed E-state index contributed by atoms with van der Waals surface area (Å²) >= 11 is 1.17. The van der Waals surface area contributed by atoms with E-state index in [2.05, 4.69) is 26.3 Å². The highest BCUT2D eigenvalue weighted by Gasteiger charge is 2.45. The monoisotopic (exact) mass is 587 g/mol. The highest BCUT2D eigenvalue weighted by Crippen LogP contribution is 2.23. The highest BCUT2D eigenvalue weighted by atomic mass is 32.1. The van der Waals surface area contributed by atoms with Gasteiger partial charge in [-0.25, -0.2) is 4.98 Å². The van der Waals surface area contributed by atoms with Crippen LogP contribution in [0, 0.1) is 0 Å². The second-order valence-corrected chi connectivity index (χ2v) is 10.5. The third kappa shape index (κ3) is 12.2. The number of aliphatic hydroxyl groups excluding tert-OH is 2. The van der Waals surface area contributed by atoms with Gasteiger partial charge in [0.15, 0.2) is 11.3 Å². The predicted octanol–water partition coefficient (Wildman–Crippen LogP) is -0.594. The summed E-state index contributed by atoms with van der Waals surface area (Å²) in [5, 5.41) is 33.5. The summed E-state index contributed by atoms with van der Waals surface area (Å²) in [4.78, 5) is 51.3. The Bertz CT molecular complexity index is 934. The van der Waals surface area contributed by atoms with Crippen LogP contribution in [-0.2, 0) is 28.6 Å². The molecule has 2 heterocycles. The van der Waals surface area contributed by atoms with Gasteiger partial charge >= 0.3 is 0 Å². The molecule has 0 bridgehead atoms. The second-order valence-electron chi connectivity index (χ2n) is 9.57. The number of ether oxygens (including phenoxy) is 3. The van der Waals surface area contributed by atoms with E-state index in [1.54, 1.807) is 5.38 Å². The summed E-state index contributed by atoms with van der Waals surface area (Å²) in [6.45, 7) is 5.63. The minimum Gasteiger partial charge on any atom is -0.388 e. The van der Waals surface area contributed by atoms with Crippen molar-refractivity contribution in [1.82, 2.24) is 26.3 Å². The summed E-state index contributed by atoms with van der Waals surface area (Å²) in [6.07, 6.45) is -0.609. The normalized spacial score (nSPS) is 22.5. The Labute approximate surface area is 237 Å². The van der Waals surface area contributed by atoms with E-state index in [0.29, 0.717) is 19.4 Å². The molecule has 5 unspecified atom stereocenters. The fourth-order valence-corrected chi connectivity index (χ4v) is 4.35. The fourth-order valence-electron chi connectivity index (χ4n) is 3.80. The number of carbonyl (C=O) groups excluding carboxylic acids is 4. The van der Waals surface area contributed by atoms with Crippen molar-refractivity contribution in [2.24, 2.45) is 0 Å². The highest BCUT2D eigenvalue weighted by molar-refractivity contribution is 7.11. The summed E-state index contributed by atoms with van der Waals surface area (Å²) in [7, 11) is 0. The molecule has 14 nitrogen and oxygen atoms in total. The van der Waals surface area contributed by atoms with Gasteiger partial charge in [0.05, 0.1) is 6.10 Å². The van der Waals surface area contributed by atoms with Gasteiger partial charge in [-0.3, -0.25) is 19.2 Å². The van der Waals surface area contributed by atoms with Crippen molar-refractivity contribution in [2.75, 3.05) is 26.4 Å². The molecular weight excluding hydrogens is 546 g/mol. The maximum atomic E-state index is 12.2. The number of hydrogen-bond acceptors (Lipinski definition) is 11. The molecule has 0 aliphatic carbocycles. The lowest BCUT2D eigenvalue weighted by Gasteiger charge is -2.42. The standard InChI is InChI=1S/C25H41N5O9S/c1-15(2)38-14-29-19(33)12-18(32)26-8-6-4-5-7-10-37-25-20(30-16(3)31)22(35)21(34)17(39-25)13-28-23(36)24-27-9-11-40-24/h9,11,15,17,20-22,25,34-35H,4-8,10,12-14H2,1-3H3,(H,26,32)(H,28,36)(H,29,33)(H,30,31). The maximum Gasteiger partial charge on any atom is 0.280 e. The Balaban J connectivity index is 1.68. The molecule has 0 saturated carbocycles. The summed E-state index contributed by atoms with van der Waals surface area (Å²) in [6, 6.07) is -0.997. The number of unbranched alkanes of at least 4 members (excludes halogenated alkanes) is 3. The van der Waals surface area contributed by atoms with Crippen LogP contribution in [0.15, 0.2) is 11.6 Å². The predicted molar refractivity (Wildman–Crippen MR) is 144 cm³/mol. The molecule has 226 valence electrons. The molecule has 1 aromatic rings. The van der Waals surface area contributed by atoms with Crippen molar-refractivity contribution in [3.8, 4) is 0 Å². The van der Waals surface area contributed by atoms with Crippen LogP contribution in [-0.4, -0.2) is 102 Å². The van der Waals surface area contributed by atoms with E-state index < -0.39 is 48.4 Å². The molecule has 1 saturated heterocycles. The zero-order chi connectivity index (χ0) is 29.5. The van der Waals surface area contributed by atoms with Gasteiger partial charge in [0.1, 0.15) is 37.5 Å². The number of aliphatic hydroxyl groups is 2. The number of rotatable bonds is 17. The third-order valence-corrected chi connectivity index (χ3v) is 6.62. The van der Waals surface area contributed by atoms with E-state index in [9.17, 15) is 29.4 Å². The minimum absolute atomic E-state index is 0.0152. The van der Waals surface area contributed by atoms with Crippen LogP contribution < -0.4 is 21.3 Å². The fraction of sp³-hybridized carbons (Fsp3) is 0.720. The third-order valence-electron chi connectivity index (χ3n) is 5.84. The smallest absolute Gasteiger partial charge is 0.280 e. The lowest BCUT2D eigenvalue weighted by atomic mass is 9.96. The number of nitrogens with zero attached hydrogens (tertiary/aromatic N) is 1. The van der Waals surface area contributed by atoms with Crippen LogP contribution in [0.2, 0.25) is 0 Å². The molecule has 15 heteroatoms. The van der Waals surface area contributed by atoms with Gasteiger partial charge in [0.2, 0.25) is 17.7 Å². The van der Waals surface area contributed by atoms with Crippen LogP contribution in [0.25, 0.3) is 0 Å². The van der Waals surface area contributed by atoms with E-state index in [1.807, 2.05) is 13.8 Å². The van der Waals surface area contributed by atoms with Gasteiger partial charge in [0.25, 0.3) is 5.91 Å². The maximum absolute atomic E-state index is 12.2. The molecule has 40 heavy (non-hydrogen) atoms. The quantitative estimate of drug-likeness (QED) is 0.0778. The molecule has 1 aliphatic rings. The molecule has 0 aromatic carbocycles. The average Bonchev–Trinajstić information content (AvgIpc) is 3.43. The van der Waals surface area contributed by atoms with Gasteiger partial charge in [-0.1, -0.05) is 12.8 Å². The van der Waals surface area contributed by atoms with E-state index >= 15 is 0 Å². The lowest BCUT2D eigenvalue weighted by molar-refractivity contribution is -0.262. The summed E-state index contributed by atoms with van der Waals surface area (Å²) in [5.41, 5.74) is 0. The molecule has 1 fully saturated rings. The lowest BCUT2D eigenvalue weighted by Crippen LogP contribution is -2.65. The van der Waals surface area contributed by atoms with Gasteiger partial charge in [-0.05, 0) is 26.7 Å². The first-order chi connectivity index (χ1) is 19.1. The largest absolute Gasteiger partial charge is 0.388 e. The summed E-state index contributed by atoms with van der Waals surface area (Å²) < 4.78 is 16.8. The second kappa shape index (κ2) is 17.9. The van der Waals surface area contributed by atoms with Gasteiger partial charge in [0, 0.05) is 38.2 Å². The number of nitrogens with one attached hydrogen (secondary N) is 4. The molecule has 5 atom stereocenters. The Morgan fingerprint density at radius 1 is 1.05 bits per heavy atom. The number of amides is 4. The van der Waals surface area contributed by atoms with Crippen LogP contribution in [0.5, 0.6) is 0 Å². The molecule has 1 aromatic heterocycles. The van der Waals surface area contributed by atoms with Gasteiger partial charge in [-0.2, -0.15) is 0 Å². The molecule has 6 N–H and O–H groups in total. The van der Waals surface area contributed by atoms with Gasteiger partial charge < -0.3 is 45.7 Å². The molecule has 4 amide bonds. The number of carbonyl (C=O) groups is 4. The summed E-state index contributed by atoms with van der Waals surface area (Å²) in [5.74, 6) is -1.62. The Morgan fingerprint density at radius 2 is 1.77 bits per heavy atom. The number of hydrogen-bond donors (Lipinski definition) is 6. The first kappa shape index (κ1) is 33.5. The van der Waals surface area contributed by atoms with Crippen molar-refractivity contribution < 1.29 is 43.6 Å². The zero-order valence-electron chi connectivity index (χ0n) is 23.1. The van der Waals surface area contributed by atoms with Crippen LogP contribution in [0.3, 0.4) is 0 Å². The molecule has 0 spiro atoms. The van der Waals surface area contributed by atoms with E-state index in [1.165, 1.54) is 24.5 Å². The Kier molecular flexibility index (Phi) is 15.0. The SMILES string of the molecule is CC(=O)NC1C(OCCCCCCNC(=O)CC(=O)NCOC(C)C)OC(CNC(=O)c2nccs2)C(O)C1O. The molecule has 2 rings (SSSR count). The first-order valence-corrected chi connectivity index (χ1v) is 14.2. The topological polar surface area (TPSA) is 197 Å². The Morgan fingerprint density at radius 3 is 2.45 bits per heavy atom. The van der Waals surface area contributed by atoms with Crippen molar-refractivity contribution >= 4 is 35.0 Å². The first-order valence-electron chi connectivity index (χ1n) is 13.3. The molecule has 1 aliphatic heterocycles. The zero-order valence-corrected chi connectivity index (χ0v) is 23.9. The molecular formula is C25H41N5O9S. The van der Waals surface area contributed by atoms with E-state index in [4.69, 9.17) is 14.2 Å². The van der Waals surface area contributed by atoms with Crippen LogP contribution in [0.4, 0.5) is 0 Å². The van der Waals surface area contributed by atoms with Crippen molar-refractivity contribution in [2.45, 2.75) is 89.6 Å². The van der Waals surface area contributed by atoms with Gasteiger partial charge in [-0.15, -0.1) is 11.3 Å². The van der Waals surface area contributed by atoms with Crippen LogP contribution in [0.1, 0.15) is 62.7 Å². The molecule has 0 radical (unpaired) electrons.